The van der Waals surface area contributed by atoms with Crippen molar-refractivity contribution in [2.45, 2.75) is 51.6 Å². The second-order valence-electron chi connectivity index (χ2n) is 5.43. The van der Waals surface area contributed by atoms with Crippen LogP contribution in [0.5, 0.6) is 0 Å². The Morgan fingerprint density at radius 1 is 1.50 bits per heavy atom. The van der Waals surface area contributed by atoms with Crippen molar-refractivity contribution in [1.82, 2.24) is 4.90 Å². The second kappa shape index (κ2) is 5.15. The number of nitrogens with two attached hydrogens (primary N) is 2. The largest absolute Gasteiger partial charge is 0.368 e. The molecule has 0 radical (unpaired) electrons. The van der Waals surface area contributed by atoms with E-state index in [1.165, 1.54) is 12.8 Å². The summed E-state index contributed by atoms with van der Waals surface area (Å²) in [5.41, 5.74) is 10.2. The maximum atomic E-state index is 11.1. The summed E-state index contributed by atoms with van der Waals surface area (Å²) in [5.74, 6) is 0.316. The summed E-state index contributed by atoms with van der Waals surface area (Å²) in [6.07, 6.45) is 3.18. The van der Waals surface area contributed by atoms with Crippen LogP contribution in [-0.2, 0) is 4.79 Å². The number of carbonyl (C=O) groups excluding carboxylic acids is 1. The Bertz CT molecular complexity index is 253. The third kappa shape index (κ3) is 3.19. The van der Waals surface area contributed by atoms with Gasteiger partial charge in [-0.2, -0.15) is 0 Å². The number of nitrogens with zero attached hydrogens (tertiary/aromatic N) is 1. The van der Waals surface area contributed by atoms with Gasteiger partial charge >= 0.3 is 0 Å². The lowest BCUT2D eigenvalue weighted by molar-refractivity contribution is -0.123. The second-order valence-corrected chi connectivity index (χ2v) is 5.43. The Morgan fingerprint density at radius 2 is 2.12 bits per heavy atom. The lowest BCUT2D eigenvalue weighted by Gasteiger charge is -2.39. The number of rotatable bonds is 4. The highest BCUT2D eigenvalue weighted by molar-refractivity contribution is 5.83. The Kier molecular flexibility index (Phi) is 4.33. The van der Waals surface area contributed by atoms with Crippen molar-refractivity contribution in [3.8, 4) is 0 Å². The Morgan fingerprint density at radius 3 is 2.69 bits per heavy atom. The van der Waals surface area contributed by atoms with Crippen molar-refractivity contribution >= 4 is 5.91 Å². The van der Waals surface area contributed by atoms with Crippen LogP contribution in [-0.4, -0.2) is 35.5 Å². The Hall–Kier alpha value is -0.610. The van der Waals surface area contributed by atoms with Crippen molar-refractivity contribution in [3.63, 3.8) is 0 Å². The summed E-state index contributed by atoms with van der Waals surface area (Å²) in [7, 11) is 0. The van der Waals surface area contributed by atoms with Crippen LogP contribution < -0.4 is 11.5 Å². The lowest BCUT2D eigenvalue weighted by atomic mass is 9.90. The van der Waals surface area contributed by atoms with E-state index in [1.54, 1.807) is 6.92 Å². The Labute approximate surface area is 98.3 Å². The molecule has 1 heterocycles. The minimum Gasteiger partial charge on any atom is -0.368 e. The normalized spacial score (nSPS) is 31.0. The fraction of sp³-hybridized carbons (Fsp3) is 0.917. The third-order valence-corrected chi connectivity index (χ3v) is 3.99. The van der Waals surface area contributed by atoms with Gasteiger partial charge in [-0.15, -0.1) is 0 Å². The van der Waals surface area contributed by atoms with Crippen LogP contribution in [0.1, 0.15) is 40.0 Å². The topological polar surface area (TPSA) is 72.3 Å². The first-order chi connectivity index (χ1) is 7.34. The highest BCUT2D eigenvalue weighted by atomic mass is 16.1. The zero-order chi connectivity index (χ0) is 12.3. The average molecular weight is 227 g/mol. The maximum Gasteiger partial charge on any atom is 0.237 e. The molecule has 94 valence electrons. The van der Waals surface area contributed by atoms with Crippen molar-refractivity contribution < 1.29 is 4.79 Å². The summed E-state index contributed by atoms with van der Waals surface area (Å²) in [6.45, 7) is 8.23. The van der Waals surface area contributed by atoms with E-state index in [0.29, 0.717) is 12.5 Å². The van der Waals surface area contributed by atoms with Crippen LogP contribution in [0.2, 0.25) is 0 Å². The van der Waals surface area contributed by atoms with E-state index in [9.17, 15) is 4.79 Å². The monoisotopic (exact) mass is 227 g/mol. The van der Waals surface area contributed by atoms with E-state index >= 15 is 0 Å². The van der Waals surface area contributed by atoms with Gasteiger partial charge in [0, 0.05) is 12.6 Å². The average Bonchev–Trinajstić information content (AvgIpc) is 2.20. The summed E-state index contributed by atoms with van der Waals surface area (Å²) in [6, 6.07) is 0.581. The van der Waals surface area contributed by atoms with Crippen molar-refractivity contribution in [2.24, 2.45) is 17.4 Å². The molecule has 0 aromatic rings. The van der Waals surface area contributed by atoms with E-state index in [0.717, 1.165) is 19.0 Å². The van der Waals surface area contributed by atoms with Gasteiger partial charge in [0.25, 0.3) is 0 Å². The van der Waals surface area contributed by atoms with E-state index < -0.39 is 11.4 Å². The van der Waals surface area contributed by atoms with Crippen molar-refractivity contribution in [2.75, 3.05) is 13.1 Å². The fourth-order valence-electron chi connectivity index (χ4n) is 2.24. The number of amides is 1. The van der Waals surface area contributed by atoms with Gasteiger partial charge < -0.3 is 16.4 Å². The molecule has 4 nitrogen and oxygen atoms in total. The molecule has 0 bridgehead atoms. The zero-order valence-corrected chi connectivity index (χ0v) is 10.7. The molecule has 0 aromatic heterocycles. The smallest absolute Gasteiger partial charge is 0.237 e. The van der Waals surface area contributed by atoms with Crippen LogP contribution >= 0.6 is 0 Å². The first kappa shape index (κ1) is 13.5. The number of carbonyl (C=O) groups is 1. The van der Waals surface area contributed by atoms with Gasteiger partial charge in [0.15, 0.2) is 0 Å². The summed E-state index contributed by atoms with van der Waals surface area (Å²) in [4.78, 5) is 13.5. The zero-order valence-electron chi connectivity index (χ0n) is 10.7. The number of piperidine rings is 1. The molecule has 3 atom stereocenters. The van der Waals surface area contributed by atoms with Gasteiger partial charge in [0.1, 0.15) is 0 Å². The molecule has 0 saturated carbocycles. The molecule has 1 saturated heterocycles. The lowest BCUT2D eigenvalue weighted by Crippen LogP contribution is -2.52. The highest BCUT2D eigenvalue weighted by Gasteiger charge is 2.29. The molecule has 0 aromatic carbocycles. The number of primary amides is 1. The van der Waals surface area contributed by atoms with Crippen LogP contribution in [0, 0.1) is 5.92 Å². The molecule has 4 N–H and O–H groups in total. The molecule has 0 spiro atoms. The first-order valence-electron chi connectivity index (χ1n) is 6.17. The molecular formula is C12H25N3O. The Balaban J connectivity index is 2.45. The van der Waals surface area contributed by atoms with Crippen LogP contribution in [0.25, 0.3) is 0 Å². The third-order valence-electron chi connectivity index (χ3n) is 3.99. The minimum absolute atomic E-state index is 0.412. The predicted octanol–water partition coefficient (Wildman–Crippen LogP) is 0.700. The van der Waals surface area contributed by atoms with Gasteiger partial charge in [-0.1, -0.05) is 6.92 Å². The molecule has 1 rings (SSSR count). The standard InChI is InChI=1S/C12H25N3O/c1-9-5-4-7-15(10(9)2)8-6-12(3,14)11(13)16/h9-10H,4-8,14H2,1-3H3,(H2,13,16). The molecule has 3 unspecified atom stereocenters. The highest BCUT2D eigenvalue weighted by Crippen LogP contribution is 2.23. The maximum absolute atomic E-state index is 11.1. The summed E-state index contributed by atoms with van der Waals surface area (Å²) < 4.78 is 0. The van der Waals surface area contributed by atoms with E-state index in [4.69, 9.17) is 11.5 Å². The van der Waals surface area contributed by atoms with Gasteiger partial charge in [-0.3, -0.25) is 4.79 Å². The number of likely N-dealkylation sites (tertiary alicyclic amines) is 1. The van der Waals surface area contributed by atoms with Crippen LogP contribution in [0.15, 0.2) is 0 Å². The number of hydrogen-bond donors (Lipinski definition) is 2. The van der Waals surface area contributed by atoms with Gasteiger partial charge in [0.2, 0.25) is 5.91 Å². The van der Waals surface area contributed by atoms with E-state index in [2.05, 4.69) is 18.7 Å². The molecule has 1 aliphatic rings. The van der Waals surface area contributed by atoms with Crippen LogP contribution in [0.4, 0.5) is 0 Å². The van der Waals surface area contributed by atoms with Crippen LogP contribution in [0.3, 0.4) is 0 Å². The summed E-state index contributed by atoms with van der Waals surface area (Å²) in [5, 5.41) is 0. The van der Waals surface area contributed by atoms with Crippen molar-refractivity contribution in [3.05, 3.63) is 0 Å². The molecule has 0 aliphatic carbocycles. The molecule has 4 heteroatoms. The van der Waals surface area contributed by atoms with Crippen molar-refractivity contribution in [1.29, 1.82) is 0 Å². The quantitative estimate of drug-likeness (QED) is 0.742. The number of hydrogen-bond acceptors (Lipinski definition) is 3. The fourth-order valence-corrected chi connectivity index (χ4v) is 2.24. The summed E-state index contributed by atoms with van der Waals surface area (Å²) >= 11 is 0. The molecular weight excluding hydrogens is 202 g/mol. The molecule has 1 fully saturated rings. The van der Waals surface area contributed by atoms with Gasteiger partial charge in [-0.05, 0) is 45.6 Å². The van der Waals surface area contributed by atoms with Gasteiger partial charge in [0.05, 0.1) is 5.54 Å². The first-order valence-corrected chi connectivity index (χ1v) is 6.17. The SMILES string of the molecule is CC1CCCN(CCC(C)(N)C(N)=O)C1C. The minimum atomic E-state index is -0.875. The molecule has 1 aliphatic heterocycles. The van der Waals surface area contributed by atoms with Gasteiger partial charge in [-0.25, -0.2) is 0 Å². The molecule has 1 amide bonds. The molecule has 16 heavy (non-hydrogen) atoms. The van der Waals surface area contributed by atoms with E-state index in [-0.39, 0.29) is 0 Å². The predicted molar refractivity (Wildman–Crippen MR) is 65.8 cm³/mol. The van der Waals surface area contributed by atoms with E-state index in [1.807, 2.05) is 0 Å².